The summed E-state index contributed by atoms with van der Waals surface area (Å²) >= 11 is 0. The zero-order chi connectivity index (χ0) is 26.2. The van der Waals surface area contributed by atoms with E-state index in [-0.39, 0.29) is 0 Å². The number of H-pyrrole nitrogens is 1. The van der Waals surface area contributed by atoms with E-state index in [0.717, 1.165) is 23.8 Å². The van der Waals surface area contributed by atoms with Crippen LogP contribution < -0.4 is 11.2 Å². The number of aliphatic hydroxyl groups excluding tert-OH is 1. The summed E-state index contributed by atoms with van der Waals surface area (Å²) in [6.07, 6.45) is 14.7. The molecule has 1 aromatic rings. The van der Waals surface area contributed by atoms with Crippen molar-refractivity contribution in [2.75, 3.05) is 13.2 Å². The first-order valence-corrected chi connectivity index (χ1v) is 14.8. The molecule has 0 bridgehead atoms. The lowest BCUT2D eigenvalue weighted by Crippen LogP contribution is -2.40. The Kier molecular flexibility index (Phi) is 15.5. The average Bonchev–Trinajstić information content (AvgIpc) is 3.17. The molecule has 208 valence electrons. The molecule has 0 saturated carbocycles. The van der Waals surface area contributed by atoms with Gasteiger partial charge in [-0.25, -0.2) is 4.79 Å². The predicted octanol–water partition coefficient (Wildman–Crippen LogP) is 4.06. The Labute approximate surface area is 214 Å². The minimum Gasteiger partial charge on any atom is -0.394 e. The fraction of sp³-hybridized carbons (Fsp3) is 0.840. The van der Waals surface area contributed by atoms with E-state index in [0.29, 0.717) is 6.61 Å². The van der Waals surface area contributed by atoms with Gasteiger partial charge in [0.2, 0.25) is 0 Å². The normalized spacial score (nSPS) is 22.8. The molecule has 0 radical (unpaired) electrons. The van der Waals surface area contributed by atoms with Gasteiger partial charge in [0.1, 0.15) is 18.3 Å². The van der Waals surface area contributed by atoms with Crippen LogP contribution in [0.5, 0.6) is 0 Å². The number of aliphatic hydroxyl groups is 1. The van der Waals surface area contributed by atoms with E-state index >= 15 is 0 Å². The number of aromatic nitrogens is 2. The molecule has 10 nitrogen and oxygen atoms in total. The van der Waals surface area contributed by atoms with E-state index in [9.17, 15) is 24.2 Å². The van der Waals surface area contributed by atoms with E-state index in [4.69, 9.17) is 14.0 Å². The van der Waals surface area contributed by atoms with Crippen molar-refractivity contribution in [2.45, 2.75) is 121 Å². The summed E-state index contributed by atoms with van der Waals surface area (Å²) in [5.74, 6) is 0. The van der Waals surface area contributed by atoms with E-state index in [2.05, 4.69) is 11.9 Å². The van der Waals surface area contributed by atoms with Crippen molar-refractivity contribution in [3.63, 3.8) is 0 Å². The van der Waals surface area contributed by atoms with Crippen molar-refractivity contribution in [3.8, 4) is 0 Å². The number of nitrogens with zero attached hydrogens (tertiary/aromatic N) is 1. The van der Waals surface area contributed by atoms with Crippen molar-refractivity contribution >= 4 is 8.25 Å². The van der Waals surface area contributed by atoms with Crippen molar-refractivity contribution < 1.29 is 28.6 Å². The third-order valence-electron chi connectivity index (χ3n) is 6.64. The lowest BCUT2D eigenvalue weighted by Gasteiger charge is -2.24. The zero-order valence-electron chi connectivity index (χ0n) is 21.6. The molecule has 0 aromatic carbocycles. The van der Waals surface area contributed by atoms with Gasteiger partial charge in [-0.2, -0.15) is 0 Å². The lowest BCUT2D eigenvalue weighted by molar-refractivity contribution is -0.0744. The standard InChI is InChI=1S/C25H45N2O8P/c1-2-3-4-5-6-7-8-9-10-11-12-13-14-15-18-33-23-22(35-36(31)32)20(19-28)34-24(23)27-17-16-21(29)26-25(27)30/h16-17,20,22-24,28,36H,2-15,18-19H2,1H3,(H,31,32)(H,26,29,30)/t20-,22?,23?,24-/m1/s1. The number of ether oxygens (including phenoxy) is 2. The molecule has 1 aliphatic rings. The van der Waals surface area contributed by atoms with E-state index in [1.165, 1.54) is 82.9 Å². The first kappa shape index (κ1) is 30.9. The summed E-state index contributed by atoms with van der Waals surface area (Å²) in [6, 6.07) is 1.17. The number of hydrogen-bond donors (Lipinski definition) is 3. The molecular weight excluding hydrogens is 487 g/mol. The van der Waals surface area contributed by atoms with Gasteiger partial charge in [-0.15, -0.1) is 0 Å². The Morgan fingerprint density at radius 3 is 2.00 bits per heavy atom. The van der Waals surface area contributed by atoms with E-state index in [1.54, 1.807) is 0 Å². The second-order valence-corrected chi connectivity index (χ2v) is 10.3. The fourth-order valence-corrected chi connectivity index (χ4v) is 5.18. The van der Waals surface area contributed by atoms with Crippen molar-refractivity contribution in [1.29, 1.82) is 0 Å². The molecule has 0 amide bonds. The fourth-order valence-electron chi connectivity index (χ4n) is 4.66. The minimum absolute atomic E-state index is 0.352. The van der Waals surface area contributed by atoms with Crippen LogP contribution in [-0.2, 0) is 18.6 Å². The van der Waals surface area contributed by atoms with Crippen LogP contribution in [0.2, 0.25) is 0 Å². The highest BCUT2D eigenvalue weighted by molar-refractivity contribution is 7.32. The summed E-state index contributed by atoms with van der Waals surface area (Å²) in [6.45, 7) is 2.12. The molecule has 2 heterocycles. The Bertz CT molecular complexity index is 861. The molecule has 0 spiro atoms. The van der Waals surface area contributed by atoms with Crippen molar-refractivity contribution in [3.05, 3.63) is 33.1 Å². The maximum Gasteiger partial charge on any atom is 0.330 e. The van der Waals surface area contributed by atoms with Crippen molar-refractivity contribution in [1.82, 2.24) is 9.55 Å². The van der Waals surface area contributed by atoms with Gasteiger partial charge >= 0.3 is 13.9 Å². The van der Waals surface area contributed by atoms with Gasteiger partial charge in [-0.3, -0.25) is 18.9 Å². The van der Waals surface area contributed by atoms with Crippen LogP contribution in [0.4, 0.5) is 0 Å². The topological polar surface area (TPSA) is 140 Å². The lowest BCUT2D eigenvalue weighted by atomic mass is 10.0. The van der Waals surface area contributed by atoms with Gasteiger partial charge in [-0.1, -0.05) is 90.4 Å². The largest absolute Gasteiger partial charge is 0.394 e. The molecule has 5 atom stereocenters. The van der Waals surface area contributed by atoms with Crippen LogP contribution in [0, 0.1) is 0 Å². The molecule has 0 aliphatic carbocycles. The molecule has 1 aliphatic heterocycles. The Morgan fingerprint density at radius 2 is 1.50 bits per heavy atom. The van der Waals surface area contributed by atoms with Crippen LogP contribution in [0.25, 0.3) is 0 Å². The summed E-state index contributed by atoms with van der Waals surface area (Å²) < 4.78 is 29.3. The molecule has 2 rings (SSSR count). The Morgan fingerprint density at radius 1 is 0.944 bits per heavy atom. The van der Waals surface area contributed by atoms with Crippen LogP contribution in [0.3, 0.4) is 0 Å². The molecule has 1 fully saturated rings. The number of hydrogen-bond acceptors (Lipinski definition) is 7. The van der Waals surface area contributed by atoms with Gasteiger partial charge in [0.15, 0.2) is 6.23 Å². The highest BCUT2D eigenvalue weighted by Gasteiger charge is 2.48. The van der Waals surface area contributed by atoms with Gasteiger partial charge in [0, 0.05) is 18.9 Å². The second-order valence-electron chi connectivity index (χ2n) is 9.55. The quantitative estimate of drug-likeness (QED) is 0.169. The molecule has 1 saturated heterocycles. The van der Waals surface area contributed by atoms with Gasteiger partial charge < -0.3 is 24.0 Å². The molecule has 11 heteroatoms. The number of aromatic amines is 1. The number of nitrogens with one attached hydrogen (secondary N) is 1. The van der Waals surface area contributed by atoms with Crippen molar-refractivity contribution in [2.24, 2.45) is 0 Å². The summed E-state index contributed by atoms with van der Waals surface area (Å²) in [7, 11) is -3.34. The Hall–Kier alpha value is -1.29. The summed E-state index contributed by atoms with van der Waals surface area (Å²) in [5.41, 5.74) is -1.26. The first-order valence-electron chi connectivity index (χ1n) is 13.6. The Balaban J connectivity index is 1.71. The van der Waals surface area contributed by atoms with Crippen LogP contribution in [0.15, 0.2) is 21.9 Å². The number of unbranched alkanes of at least 4 members (excludes halogenated alkanes) is 13. The summed E-state index contributed by atoms with van der Waals surface area (Å²) in [5, 5.41) is 9.67. The smallest absolute Gasteiger partial charge is 0.330 e. The van der Waals surface area contributed by atoms with Crippen LogP contribution in [0.1, 0.15) is 103 Å². The van der Waals surface area contributed by atoms with Gasteiger partial charge in [0.05, 0.1) is 6.61 Å². The predicted molar refractivity (Wildman–Crippen MR) is 138 cm³/mol. The minimum atomic E-state index is -3.34. The van der Waals surface area contributed by atoms with Crippen LogP contribution in [-0.4, -0.2) is 51.1 Å². The third-order valence-corrected chi connectivity index (χ3v) is 7.11. The molecular formula is C25H45N2O8P. The molecule has 36 heavy (non-hydrogen) atoms. The average molecular weight is 533 g/mol. The van der Waals surface area contributed by atoms with Crippen LogP contribution >= 0.6 is 8.25 Å². The summed E-state index contributed by atoms with van der Waals surface area (Å²) in [4.78, 5) is 35.2. The zero-order valence-corrected chi connectivity index (χ0v) is 22.6. The highest BCUT2D eigenvalue weighted by atomic mass is 31.1. The number of rotatable bonds is 20. The van der Waals surface area contributed by atoms with E-state index < -0.39 is 50.7 Å². The third kappa shape index (κ3) is 11.0. The molecule has 1 aromatic heterocycles. The van der Waals surface area contributed by atoms with Gasteiger partial charge in [0.25, 0.3) is 5.56 Å². The molecule has 3 unspecified atom stereocenters. The maximum absolute atomic E-state index is 12.3. The highest BCUT2D eigenvalue weighted by Crippen LogP contribution is 2.37. The van der Waals surface area contributed by atoms with Gasteiger partial charge in [-0.05, 0) is 6.42 Å². The first-order chi connectivity index (χ1) is 17.5. The SMILES string of the molecule is CCCCCCCCCCCCCCCCOC1C(O[PH](=O)O)[C@@H](CO)O[C@H]1n1ccc(=O)[nH]c1=O. The maximum atomic E-state index is 12.3. The monoisotopic (exact) mass is 532 g/mol. The molecule has 3 N–H and O–H groups in total. The van der Waals surface area contributed by atoms with E-state index in [1.807, 2.05) is 0 Å². The second kappa shape index (κ2) is 18.0.